The van der Waals surface area contributed by atoms with Gasteiger partial charge in [0.1, 0.15) is 0 Å². The molecule has 4 nitrogen and oxygen atoms in total. The summed E-state index contributed by atoms with van der Waals surface area (Å²) in [5.74, 6) is 0. The Morgan fingerprint density at radius 3 is 2.47 bits per heavy atom. The van der Waals surface area contributed by atoms with E-state index in [9.17, 15) is 10.1 Å². The van der Waals surface area contributed by atoms with Crippen molar-refractivity contribution in [2.24, 2.45) is 0 Å². The number of nitrogens with one attached hydrogen (secondary N) is 1. The Hall–Kier alpha value is -1.63. The zero-order valence-corrected chi connectivity index (χ0v) is 12.5. The second-order valence-corrected chi connectivity index (χ2v) is 5.36. The van der Waals surface area contributed by atoms with Crippen LogP contribution in [0, 0.1) is 13.7 Å². The molecule has 0 heterocycles. The number of hydrogen-bond donors (Lipinski definition) is 1. The molecule has 5 heteroatoms. The fourth-order valence-corrected chi connectivity index (χ4v) is 2.53. The molecule has 0 saturated heterocycles. The normalized spacial score (nSPS) is 11.9. The van der Waals surface area contributed by atoms with E-state index in [-0.39, 0.29) is 16.7 Å². The van der Waals surface area contributed by atoms with Crippen LogP contribution in [0.15, 0.2) is 48.5 Å². The van der Waals surface area contributed by atoms with Crippen LogP contribution in [0.1, 0.15) is 18.5 Å². The van der Waals surface area contributed by atoms with Crippen molar-refractivity contribution in [1.29, 1.82) is 0 Å². The van der Waals surface area contributed by atoms with Gasteiger partial charge in [-0.2, -0.15) is 0 Å². The highest BCUT2D eigenvalue weighted by Crippen LogP contribution is 2.26. The highest BCUT2D eigenvalue weighted by molar-refractivity contribution is 14.1. The summed E-state index contributed by atoms with van der Waals surface area (Å²) in [4.78, 5) is 10.4. The molecule has 98 valence electrons. The van der Waals surface area contributed by atoms with Crippen molar-refractivity contribution in [1.82, 2.24) is 0 Å². The van der Waals surface area contributed by atoms with Crippen LogP contribution in [0.5, 0.6) is 0 Å². The van der Waals surface area contributed by atoms with Crippen LogP contribution in [-0.4, -0.2) is 4.92 Å². The van der Waals surface area contributed by atoms with Gasteiger partial charge in [0.05, 0.1) is 8.49 Å². The van der Waals surface area contributed by atoms with Crippen molar-refractivity contribution in [2.45, 2.75) is 13.0 Å². The summed E-state index contributed by atoms with van der Waals surface area (Å²) in [6.07, 6.45) is 0. The lowest BCUT2D eigenvalue weighted by Gasteiger charge is -2.15. The van der Waals surface area contributed by atoms with Gasteiger partial charge >= 0.3 is 0 Å². The average molecular weight is 368 g/mol. The molecule has 0 amide bonds. The van der Waals surface area contributed by atoms with Gasteiger partial charge in [-0.15, -0.1) is 0 Å². The third kappa shape index (κ3) is 3.44. The molecule has 0 radical (unpaired) electrons. The van der Waals surface area contributed by atoms with Gasteiger partial charge in [-0.1, -0.05) is 30.3 Å². The maximum atomic E-state index is 10.8. The molecule has 0 aliphatic heterocycles. The third-order valence-electron chi connectivity index (χ3n) is 2.83. The molecule has 2 aromatic carbocycles. The molecule has 0 spiro atoms. The van der Waals surface area contributed by atoms with Gasteiger partial charge in [0.15, 0.2) is 0 Å². The van der Waals surface area contributed by atoms with E-state index in [1.807, 2.05) is 52.9 Å². The zero-order chi connectivity index (χ0) is 13.8. The van der Waals surface area contributed by atoms with E-state index in [2.05, 4.69) is 12.2 Å². The fraction of sp³-hybridized carbons (Fsp3) is 0.143. The van der Waals surface area contributed by atoms with Crippen molar-refractivity contribution in [3.63, 3.8) is 0 Å². The summed E-state index contributed by atoms with van der Waals surface area (Å²) in [6.45, 7) is 2.06. The van der Waals surface area contributed by atoms with Gasteiger partial charge in [0.2, 0.25) is 0 Å². The first-order valence-corrected chi connectivity index (χ1v) is 6.91. The topological polar surface area (TPSA) is 55.2 Å². The lowest BCUT2D eigenvalue weighted by Crippen LogP contribution is -2.06. The van der Waals surface area contributed by atoms with Crippen molar-refractivity contribution >= 4 is 34.0 Å². The minimum absolute atomic E-state index is 0.138. The number of benzene rings is 2. The molecule has 19 heavy (non-hydrogen) atoms. The summed E-state index contributed by atoms with van der Waals surface area (Å²) >= 11 is 1.98. The van der Waals surface area contributed by atoms with Crippen molar-refractivity contribution in [3.05, 3.63) is 67.8 Å². The van der Waals surface area contributed by atoms with E-state index >= 15 is 0 Å². The summed E-state index contributed by atoms with van der Waals surface area (Å²) < 4.78 is 0.632. The second kappa shape index (κ2) is 6.01. The molecule has 1 N–H and O–H groups in total. The van der Waals surface area contributed by atoms with Crippen LogP contribution >= 0.6 is 22.6 Å². The van der Waals surface area contributed by atoms with E-state index in [1.54, 1.807) is 12.1 Å². The average Bonchev–Trinajstić information content (AvgIpc) is 2.39. The minimum Gasteiger partial charge on any atom is -0.378 e. The van der Waals surface area contributed by atoms with Crippen molar-refractivity contribution in [3.8, 4) is 0 Å². The van der Waals surface area contributed by atoms with Crippen LogP contribution in [0.3, 0.4) is 0 Å². The Kier molecular flexibility index (Phi) is 4.36. The first-order chi connectivity index (χ1) is 9.08. The Morgan fingerprint density at radius 1 is 1.21 bits per heavy atom. The summed E-state index contributed by atoms with van der Waals surface area (Å²) in [6, 6.07) is 15.3. The largest absolute Gasteiger partial charge is 0.378 e. The number of nitro benzene ring substituents is 1. The second-order valence-electron chi connectivity index (χ2n) is 4.20. The number of nitrogens with zero attached hydrogens (tertiary/aromatic N) is 1. The molecule has 1 atom stereocenters. The molecule has 0 aliphatic carbocycles. The monoisotopic (exact) mass is 368 g/mol. The molecule has 2 rings (SSSR count). The van der Waals surface area contributed by atoms with E-state index in [4.69, 9.17) is 0 Å². The van der Waals surface area contributed by atoms with Crippen molar-refractivity contribution in [2.75, 3.05) is 5.32 Å². The Balaban J connectivity index is 2.16. The van der Waals surface area contributed by atoms with E-state index < -0.39 is 0 Å². The van der Waals surface area contributed by atoms with E-state index in [0.717, 1.165) is 5.69 Å². The molecule has 0 aliphatic rings. The van der Waals surface area contributed by atoms with Crippen LogP contribution in [0.25, 0.3) is 0 Å². The number of halogens is 1. The minimum atomic E-state index is -0.369. The number of hydrogen-bond acceptors (Lipinski definition) is 3. The zero-order valence-electron chi connectivity index (χ0n) is 10.3. The smallest absolute Gasteiger partial charge is 0.282 e. The predicted molar refractivity (Wildman–Crippen MR) is 84.3 cm³/mol. The number of rotatable bonds is 4. The van der Waals surface area contributed by atoms with Gasteiger partial charge in [-0.05, 0) is 47.2 Å². The first-order valence-electron chi connectivity index (χ1n) is 5.83. The molecular formula is C14H13IN2O2. The van der Waals surface area contributed by atoms with Crippen LogP contribution in [-0.2, 0) is 0 Å². The lowest BCUT2D eigenvalue weighted by molar-refractivity contribution is -0.385. The Bertz CT molecular complexity index is 587. The standard InChI is InChI=1S/C14H13IN2O2/c1-10(11-5-3-2-4-6-11)16-12-7-8-14(17(18)19)13(15)9-12/h2-10,16H,1H3. The molecule has 0 fully saturated rings. The summed E-state index contributed by atoms with van der Waals surface area (Å²) in [5, 5.41) is 14.1. The molecule has 0 bridgehead atoms. The fourth-order valence-electron chi connectivity index (χ4n) is 1.82. The quantitative estimate of drug-likeness (QED) is 0.495. The first kappa shape index (κ1) is 13.8. The SMILES string of the molecule is CC(Nc1ccc([N+](=O)[O-])c(I)c1)c1ccccc1. The van der Waals surface area contributed by atoms with Gasteiger partial charge in [0.25, 0.3) is 5.69 Å². The highest BCUT2D eigenvalue weighted by atomic mass is 127. The lowest BCUT2D eigenvalue weighted by atomic mass is 10.1. The number of nitro groups is 1. The van der Waals surface area contributed by atoms with Gasteiger partial charge in [-0.3, -0.25) is 10.1 Å². The van der Waals surface area contributed by atoms with Gasteiger partial charge < -0.3 is 5.32 Å². The molecule has 1 unspecified atom stereocenters. The maximum Gasteiger partial charge on any atom is 0.282 e. The van der Waals surface area contributed by atoms with E-state index in [1.165, 1.54) is 11.6 Å². The van der Waals surface area contributed by atoms with Gasteiger partial charge in [0, 0.05) is 17.8 Å². The van der Waals surface area contributed by atoms with Crippen LogP contribution < -0.4 is 5.32 Å². The Morgan fingerprint density at radius 2 is 1.89 bits per heavy atom. The predicted octanol–water partition coefficient (Wildman–Crippen LogP) is 4.37. The molecule has 2 aromatic rings. The van der Waals surface area contributed by atoms with Crippen LogP contribution in [0.4, 0.5) is 11.4 Å². The number of anilines is 1. The van der Waals surface area contributed by atoms with Gasteiger partial charge in [-0.25, -0.2) is 0 Å². The van der Waals surface area contributed by atoms with E-state index in [0.29, 0.717) is 3.57 Å². The maximum absolute atomic E-state index is 10.8. The van der Waals surface area contributed by atoms with Crippen LogP contribution in [0.2, 0.25) is 0 Å². The summed E-state index contributed by atoms with van der Waals surface area (Å²) in [7, 11) is 0. The molecular weight excluding hydrogens is 355 g/mol. The third-order valence-corrected chi connectivity index (χ3v) is 3.69. The summed E-state index contributed by atoms with van der Waals surface area (Å²) in [5.41, 5.74) is 2.20. The Labute approximate surface area is 125 Å². The van der Waals surface area contributed by atoms with Crippen molar-refractivity contribution < 1.29 is 4.92 Å². The highest BCUT2D eigenvalue weighted by Gasteiger charge is 2.12. The molecule has 0 saturated carbocycles. The molecule has 0 aromatic heterocycles.